The summed E-state index contributed by atoms with van der Waals surface area (Å²) in [4.78, 5) is 25.3. The third kappa shape index (κ3) is 2.42. The van der Waals surface area contributed by atoms with E-state index in [1.807, 2.05) is 0 Å². The summed E-state index contributed by atoms with van der Waals surface area (Å²) < 4.78 is 25.6. The molecule has 0 bridgehead atoms. The lowest BCUT2D eigenvalue weighted by atomic mass is 10.2. The van der Waals surface area contributed by atoms with Crippen LogP contribution in [0.5, 0.6) is 0 Å². The van der Waals surface area contributed by atoms with E-state index in [2.05, 4.69) is 10.3 Å². The third-order valence-electron chi connectivity index (χ3n) is 2.24. The van der Waals surface area contributed by atoms with Crippen LogP contribution in [0.1, 0.15) is 10.4 Å². The zero-order valence-electron chi connectivity index (χ0n) is 9.04. The van der Waals surface area contributed by atoms with Gasteiger partial charge in [0, 0.05) is 18.0 Å². The molecule has 0 unspecified atom stereocenters. The Labute approximate surface area is 100 Å². The second-order valence-electron chi connectivity index (χ2n) is 3.50. The molecule has 92 valence electrons. The van der Waals surface area contributed by atoms with Gasteiger partial charge in [-0.3, -0.25) is 9.59 Å². The van der Waals surface area contributed by atoms with E-state index in [-0.39, 0.29) is 11.3 Å². The van der Waals surface area contributed by atoms with Gasteiger partial charge in [0.25, 0.3) is 11.5 Å². The normalized spacial score (nSPS) is 10.1. The Morgan fingerprint density at radius 3 is 2.61 bits per heavy atom. The van der Waals surface area contributed by atoms with Gasteiger partial charge in [-0.25, -0.2) is 8.78 Å². The van der Waals surface area contributed by atoms with Crippen molar-refractivity contribution in [3.8, 4) is 0 Å². The zero-order chi connectivity index (χ0) is 13.1. The topological polar surface area (TPSA) is 62.0 Å². The summed E-state index contributed by atoms with van der Waals surface area (Å²) in [5, 5.41) is 2.30. The summed E-state index contributed by atoms with van der Waals surface area (Å²) in [5.41, 5.74) is -0.595. The summed E-state index contributed by atoms with van der Waals surface area (Å²) in [6.45, 7) is 0. The molecule has 0 saturated carbocycles. The molecule has 1 aromatic carbocycles. The molecular formula is C12H8F2N2O2. The largest absolute Gasteiger partial charge is 0.328 e. The van der Waals surface area contributed by atoms with Gasteiger partial charge >= 0.3 is 0 Å². The number of benzene rings is 1. The van der Waals surface area contributed by atoms with Crippen LogP contribution in [0.3, 0.4) is 0 Å². The van der Waals surface area contributed by atoms with Gasteiger partial charge in [0.15, 0.2) is 11.6 Å². The fourth-order valence-corrected chi connectivity index (χ4v) is 1.37. The number of aromatic nitrogens is 1. The van der Waals surface area contributed by atoms with E-state index in [0.29, 0.717) is 0 Å². The lowest BCUT2D eigenvalue weighted by Gasteiger charge is -2.04. The molecule has 18 heavy (non-hydrogen) atoms. The van der Waals surface area contributed by atoms with Crippen molar-refractivity contribution in [2.45, 2.75) is 0 Å². The number of pyridine rings is 1. The van der Waals surface area contributed by atoms with Gasteiger partial charge < -0.3 is 10.3 Å². The molecule has 0 aliphatic carbocycles. The minimum atomic E-state index is -1.07. The van der Waals surface area contributed by atoms with Crippen molar-refractivity contribution in [3.05, 3.63) is 64.1 Å². The van der Waals surface area contributed by atoms with Crippen LogP contribution >= 0.6 is 0 Å². The highest BCUT2D eigenvalue weighted by molar-refractivity contribution is 6.03. The van der Waals surface area contributed by atoms with E-state index in [1.54, 1.807) is 0 Å². The van der Waals surface area contributed by atoms with Crippen molar-refractivity contribution >= 4 is 11.6 Å². The Balaban J connectivity index is 2.24. The van der Waals surface area contributed by atoms with Crippen LogP contribution < -0.4 is 10.9 Å². The van der Waals surface area contributed by atoms with E-state index in [1.165, 1.54) is 24.4 Å². The van der Waals surface area contributed by atoms with Crippen LogP contribution in [0.4, 0.5) is 14.5 Å². The molecule has 0 fully saturated rings. The maximum Gasteiger partial charge on any atom is 0.261 e. The Morgan fingerprint density at radius 1 is 1.17 bits per heavy atom. The van der Waals surface area contributed by atoms with Crippen molar-refractivity contribution < 1.29 is 13.6 Å². The number of anilines is 1. The molecule has 4 nitrogen and oxygen atoms in total. The molecule has 2 aromatic rings. The highest BCUT2D eigenvalue weighted by Crippen LogP contribution is 2.13. The molecule has 1 aromatic heterocycles. The predicted molar refractivity (Wildman–Crippen MR) is 61.4 cm³/mol. The first-order chi connectivity index (χ1) is 8.58. The van der Waals surface area contributed by atoms with Gasteiger partial charge in [0.2, 0.25) is 0 Å². The smallest absolute Gasteiger partial charge is 0.261 e. The van der Waals surface area contributed by atoms with Crippen molar-refractivity contribution in [3.63, 3.8) is 0 Å². The molecule has 0 aliphatic heterocycles. The highest BCUT2D eigenvalue weighted by Gasteiger charge is 2.11. The monoisotopic (exact) mass is 250 g/mol. The Morgan fingerprint density at radius 2 is 1.94 bits per heavy atom. The molecule has 6 heteroatoms. The van der Waals surface area contributed by atoms with Crippen LogP contribution in [-0.4, -0.2) is 10.9 Å². The fourth-order valence-electron chi connectivity index (χ4n) is 1.37. The van der Waals surface area contributed by atoms with Crippen LogP contribution in [0.15, 0.2) is 41.3 Å². The number of amides is 1. The van der Waals surface area contributed by atoms with Crippen molar-refractivity contribution in [2.75, 3.05) is 5.32 Å². The number of hydrogen-bond donors (Lipinski definition) is 2. The summed E-state index contributed by atoms with van der Waals surface area (Å²) in [5.74, 6) is -2.77. The third-order valence-corrected chi connectivity index (χ3v) is 2.24. The maximum absolute atomic E-state index is 12.9. The lowest BCUT2D eigenvalue weighted by molar-refractivity contribution is 0.102. The number of carbonyl (C=O) groups excluding carboxylic acids is 1. The summed E-state index contributed by atoms with van der Waals surface area (Å²) >= 11 is 0. The van der Waals surface area contributed by atoms with Gasteiger partial charge in [-0.2, -0.15) is 0 Å². The van der Waals surface area contributed by atoms with Crippen LogP contribution in [0.25, 0.3) is 0 Å². The van der Waals surface area contributed by atoms with Gasteiger partial charge in [0.05, 0.1) is 0 Å². The first kappa shape index (κ1) is 12.0. The number of carbonyl (C=O) groups is 1. The predicted octanol–water partition coefficient (Wildman–Crippen LogP) is 1.91. The number of aromatic amines is 1. The van der Waals surface area contributed by atoms with Gasteiger partial charge in [-0.1, -0.05) is 0 Å². The van der Waals surface area contributed by atoms with E-state index >= 15 is 0 Å². The molecule has 1 amide bonds. The molecular weight excluding hydrogens is 242 g/mol. The summed E-state index contributed by atoms with van der Waals surface area (Å²) in [6.07, 6.45) is 1.39. The lowest BCUT2D eigenvalue weighted by Crippen LogP contribution is -2.22. The Bertz CT molecular complexity index is 653. The quantitative estimate of drug-likeness (QED) is 0.855. The number of H-pyrrole nitrogens is 1. The SMILES string of the molecule is O=C(Nc1ccc(F)c(F)c1)c1ccc[nH]c1=O. The Kier molecular flexibility index (Phi) is 3.18. The highest BCUT2D eigenvalue weighted by atomic mass is 19.2. The molecule has 2 N–H and O–H groups in total. The van der Waals surface area contributed by atoms with Gasteiger partial charge in [0.1, 0.15) is 5.56 Å². The first-order valence-electron chi connectivity index (χ1n) is 5.02. The Hall–Kier alpha value is -2.50. The number of nitrogens with one attached hydrogen (secondary N) is 2. The van der Waals surface area contributed by atoms with Gasteiger partial charge in [-0.15, -0.1) is 0 Å². The van der Waals surface area contributed by atoms with Crippen molar-refractivity contribution in [1.29, 1.82) is 0 Å². The maximum atomic E-state index is 12.9. The average Bonchev–Trinajstić information content (AvgIpc) is 2.34. The average molecular weight is 250 g/mol. The van der Waals surface area contributed by atoms with E-state index in [4.69, 9.17) is 0 Å². The second kappa shape index (κ2) is 4.79. The van der Waals surface area contributed by atoms with Gasteiger partial charge in [-0.05, 0) is 24.3 Å². The number of hydrogen-bond acceptors (Lipinski definition) is 2. The molecule has 0 atom stereocenters. The first-order valence-corrected chi connectivity index (χ1v) is 5.02. The van der Waals surface area contributed by atoms with Crippen molar-refractivity contribution in [2.24, 2.45) is 0 Å². The van der Waals surface area contributed by atoms with E-state index in [9.17, 15) is 18.4 Å². The molecule has 0 spiro atoms. The molecule has 2 rings (SSSR count). The number of halogens is 2. The summed E-state index contributed by atoms with van der Waals surface area (Å²) in [7, 11) is 0. The van der Waals surface area contributed by atoms with Crippen LogP contribution in [0.2, 0.25) is 0 Å². The molecule has 0 saturated heterocycles. The molecule has 0 aliphatic rings. The van der Waals surface area contributed by atoms with Crippen LogP contribution in [-0.2, 0) is 0 Å². The standard InChI is InChI=1S/C12H8F2N2O2/c13-9-4-3-7(6-10(9)14)16-12(18)8-2-1-5-15-11(8)17/h1-6H,(H,15,17)(H,16,18). The minimum absolute atomic E-state index is 0.0714. The second-order valence-corrected chi connectivity index (χ2v) is 3.50. The zero-order valence-corrected chi connectivity index (χ0v) is 9.04. The number of rotatable bonds is 2. The summed E-state index contributed by atoms with van der Waals surface area (Å²) in [6, 6.07) is 5.74. The van der Waals surface area contributed by atoms with E-state index in [0.717, 1.165) is 12.1 Å². The molecule has 0 radical (unpaired) electrons. The van der Waals surface area contributed by atoms with E-state index < -0.39 is 23.1 Å². The fraction of sp³-hybridized carbons (Fsp3) is 0. The molecule has 1 heterocycles. The van der Waals surface area contributed by atoms with Crippen LogP contribution in [0, 0.1) is 11.6 Å². The minimum Gasteiger partial charge on any atom is -0.328 e. The van der Waals surface area contributed by atoms with Crippen molar-refractivity contribution in [1.82, 2.24) is 4.98 Å².